The van der Waals surface area contributed by atoms with Gasteiger partial charge in [-0.15, -0.1) is 5.10 Å². The highest BCUT2D eigenvalue weighted by Crippen LogP contribution is 2.40. The van der Waals surface area contributed by atoms with Crippen molar-refractivity contribution in [2.24, 2.45) is 0 Å². The molecule has 9 heteroatoms. The summed E-state index contributed by atoms with van der Waals surface area (Å²) in [5, 5.41) is 12.7. The molecule has 0 radical (unpaired) electrons. The number of thioether (sulfide) groups is 1. The molecule has 26 heavy (non-hydrogen) atoms. The average Bonchev–Trinajstić information content (AvgIpc) is 3.13. The lowest BCUT2D eigenvalue weighted by molar-refractivity contribution is -0.0290. The predicted octanol–water partition coefficient (Wildman–Crippen LogP) is 3.65. The summed E-state index contributed by atoms with van der Waals surface area (Å²) < 4.78 is 7.10. The highest BCUT2D eigenvalue weighted by molar-refractivity contribution is 8.00. The van der Waals surface area contributed by atoms with Crippen LogP contribution in [0, 0.1) is 0 Å². The van der Waals surface area contributed by atoms with E-state index in [9.17, 15) is 4.79 Å². The summed E-state index contributed by atoms with van der Waals surface area (Å²) in [5.74, 6) is 0.319. The Balaban J connectivity index is 1.54. The summed E-state index contributed by atoms with van der Waals surface area (Å²) in [4.78, 5) is 18.7. The van der Waals surface area contributed by atoms with Crippen molar-refractivity contribution in [2.45, 2.75) is 49.8 Å². The molecule has 0 saturated carbocycles. The normalized spacial score (nSPS) is 16.9. The molecule has 7 nitrogen and oxygen atoms in total. The van der Waals surface area contributed by atoms with Gasteiger partial charge in [-0.2, -0.15) is 5.10 Å². The molecule has 3 aromatic heterocycles. The van der Waals surface area contributed by atoms with E-state index in [1.807, 2.05) is 26.0 Å². The molecule has 0 aliphatic carbocycles. The number of nitrogens with one attached hydrogen (secondary N) is 2. The molecular formula is C17H19N5O2S2. The lowest BCUT2D eigenvalue weighted by Gasteiger charge is -2.28. The van der Waals surface area contributed by atoms with Crippen LogP contribution in [0.2, 0.25) is 0 Å². The van der Waals surface area contributed by atoms with Gasteiger partial charge < -0.3 is 15.0 Å². The van der Waals surface area contributed by atoms with E-state index in [1.165, 1.54) is 11.8 Å². The number of nitrogens with zero attached hydrogens (tertiary/aromatic N) is 3. The fourth-order valence-electron chi connectivity index (χ4n) is 2.69. The van der Waals surface area contributed by atoms with E-state index in [2.05, 4.69) is 39.3 Å². The minimum atomic E-state index is -0.645. The molecule has 136 valence electrons. The molecule has 0 bridgehead atoms. The maximum atomic E-state index is 11.5. The molecule has 0 amide bonds. The smallest absolute Gasteiger partial charge is 0.305 e. The number of hydrogen-bond acceptors (Lipinski definition) is 8. The van der Waals surface area contributed by atoms with Crippen LogP contribution >= 0.6 is 23.1 Å². The van der Waals surface area contributed by atoms with Crippen LogP contribution in [0.4, 0.5) is 5.69 Å². The zero-order chi connectivity index (χ0) is 18.5. The van der Waals surface area contributed by atoms with Gasteiger partial charge >= 0.3 is 4.87 Å². The predicted molar refractivity (Wildman–Crippen MR) is 104 cm³/mol. The van der Waals surface area contributed by atoms with Crippen molar-refractivity contribution in [1.82, 2.24) is 20.2 Å². The maximum absolute atomic E-state index is 11.5. The number of aromatic amines is 1. The molecule has 0 aromatic carbocycles. The second-order valence-corrected chi connectivity index (χ2v) is 9.01. The Morgan fingerprint density at radius 3 is 2.85 bits per heavy atom. The van der Waals surface area contributed by atoms with Gasteiger partial charge in [0.1, 0.15) is 10.6 Å². The van der Waals surface area contributed by atoms with Crippen LogP contribution in [-0.4, -0.2) is 25.7 Å². The van der Waals surface area contributed by atoms with E-state index in [0.717, 1.165) is 43.7 Å². The second-order valence-electron chi connectivity index (χ2n) is 6.95. The van der Waals surface area contributed by atoms with Gasteiger partial charge in [0, 0.05) is 6.20 Å². The van der Waals surface area contributed by atoms with E-state index >= 15 is 0 Å². The van der Waals surface area contributed by atoms with Gasteiger partial charge in [0.2, 0.25) is 0 Å². The molecule has 4 rings (SSSR count). The zero-order valence-electron chi connectivity index (χ0n) is 14.9. The molecule has 4 heterocycles. The Morgan fingerprint density at radius 2 is 2.08 bits per heavy atom. The van der Waals surface area contributed by atoms with Crippen molar-refractivity contribution in [3.63, 3.8) is 0 Å². The van der Waals surface area contributed by atoms with Gasteiger partial charge in [-0.3, -0.25) is 9.78 Å². The molecule has 2 N–H and O–H groups in total. The summed E-state index contributed by atoms with van der Waals surface area (Å²) in [6.07, 6.45) is 1.71. The van der Waals surface area contributed by atoms with Crippen LogP contribution in [0.3, 0.4) is 0 Å². The number of ether oxygens (including phenoxy) is 1. The molecule has 1 atom stereocenters. The molecule has 0 spiro atoms. The van der Waals surface area contributed by atoms with Gasteiger partial charge in [0.15, 0.2) is 5.56 Å². The van der Waals surface area contributed by atoms with E-state index in [1.54, 1.807) is 6.20 Å². The third-order valence-corrected chi connectivity index (χ3v) is 5.97. The lowest BCUT2D eigenvalue weighted by Crippen LogP contribution is -2.30. The first-order valence-corrected chi connectivity index (χ1v) is 9.99. The van der Waals surface area contributed by atoms with Gasteiger partial charge in [-0.25, -0.2) is 0 Å². The Morgan fingerprint density at radius 1 is 1.27 bits per heavy atom. The Kier molecular flexibility index (Phi) is 4.25. The molecule has 3 aromatic rings. The van der Waals surface area contributed by atoms with Crippen molar-refractivity contribution in [3.8, 4) is 0 Å². The van der Waals surface area contributed by atoms with Gasteiger partial charge in [0.25, 0.3) is 0 Å². The fraction of sp³-hybridized carbons (Fsp3) is 0.412. The topological polar surface area (TPSA) is 92.8 Å². The molecular weight excluding hydrogens is 370 g/mol. The van der Waals surface area contributed by atoms with Crippen molar-refractivity contribution >= 4 is 39.0 Å². The number of pyridine rings is 1. The van der Waals surface area contributed by atoms with Crippen molar-refractivity contribution < 1.29 is 4.74 Å². The van der Waals surface area contributed by atoms with E-state index < -0.39 is 5.60 Å². The van der Waals surface area contributed by atoms with Gasteiger partial charge in [-0.05, 0) is 43.7 Å². The first-order valence-electron chi connectivity index (χ1n) is 8.30. The Hall–Kier alpha value is -1.97. The second kappa shape index (κ2) is 6.33. The Bertz CT molecular complexity index is 1030. The minimum Gasteiger partial charge on any atom is -0.349 e. The van der Waals surface area contributed by atoms with Crippen molar-refractivity contribution in [1.29, 1.82) is 0 Å². The van der Waals surface area contributed by atoms with Crippen molar-refractivity contribution in [3.05, 3.63) is 39.4 Å². The fourth-order valence-corrected chi connectivity index (χ4v) is 4.39. The van der Waals surface area contributed by atoms with E-state index in [0.29, 0.717) is 5.92 Å². The van der Waals surface area contributed by atoms with Crippen LogP contribution in [0.25, 0.3) is 10.2 Å². The number of fused-ring (bicyclic) bond motifs is 2. The summed E-state index contributed by atoms with van der Waals surface area (Å²) >= 11 is 2.65. The molecule has 1 unspecified atom stereocenters. The van der Waals surface area contributed by atoms with Crippen LogP contribution in [-0.2, 0) is 10.3 Å². The Labute approximate surface area is 158 Å². The van der Waals surface area contributed by atoms with Crippen molar-refractivity contribution in [2.75, 3.05) is 5.32 Å². The first-order chi connectivity index (χ1) is 12.3. The monoisotopic (exact) mass is 389 g/mol. The SMILES string of the molecule is CC(C)c1cc2c(nn1)SC(OC(C)(C)c1cc3[nH]c(=O)sc3cn1)N2. The largest absolute Gasteiger partial charge is 0.349 e. The number of H-pyrrole nitrogens is 1. The number of thiazole rings is 1. The number of rotatable bonds is 4. The van der Waals surface area contributed by atoms with Gasteiger partial charge in [0.05, 0.1) is 27.3 Å². The van der Waals surface area contributed by atoms with Crippen LogP contribution in [0.5, 0.6) is 0 Å². The molecule has 0 fully saturated rings. The first kappa shape index (κ1) is 17.4. The lowest BCUT2D eigenvalue weighted by atomic mass is 10.0. The highest BCUT2D eigenvalue weighted by Gasteiger charge is 2.33. The summed E-state index contributed by atoms with van der Waals surface area (Å²) in [5.41, 5.74) is 2.51. The summed E-state index contributed by atoms with van der Waals surface area (Å²) in [6, 6.07) is 3.90. The number of hydrogen-bond donors (Lipinski definition) is 2. The summed E-state index contributed by atoms with van der Waals surface area (Å²) in [7, 11) is 0. The third kappa shape index (κ3) is 3.22. The van der Waals surface area contributed by atoms with Crippen LogP contribution < -0.4 is 10.2 Å². The maximum Gasteiger partial charge on any atom is 0.305 e. The van der Waals surface area contributed by atoms with Gasteiger partial charge in [-0.1, -0.05) is 25.2 Å². The molecule has 0 saturated heterocycles. The standard InChI is InChI=1S/C17H19N5O2S2/c1-8(2)9-5-11-14(22-21-9)26-16(20-11)24-17(3,4)13-6-10-12(7-18-13)25-15(23)19-10/h5-8,16,20H,1-4H3,(H,19,23). The van der Waals surface area contributed by atoms with E-state index in [4.69, 9.17) is 4.74 Å². The average molecular weight is 390 g/mol. The zero-order valence-corrected chi connectivity index (χ0v) is 16.5. The third-order valence-electron chi connectivity index (χ3n) is 4.19. The number of aromatic nitrogens is 4. The van der Waals surface area contributed by atoms with Crippen LogP contribution in [0.15, 0.2) is 28.2 Å². The summed E-state index contributed by atoms with van der Waals surface area (Å²) in [6.45, 7) is 8.10. The quantitative estimate of drug-likeness (QED) is 0.703. The highest BCUT2D eigenvalue weighted by atomic mass is 32.2. The number of anilines is 1. The molecule has 1 aliphatic heterocycles. The minimum absolute atomic E-state index is 0.0827. The van der Waals surface area contributed by atoms with E-state index in [-0.39, 0.29) is 10.4 Å². The molecule has 1 aliphatic rings. The van der Waals surface area contributed by atoms with Crippen LogP contribution in [0.1, 0.15) is 45.0 Å².